The van der Waals surface area contributed by atoms with Gasteiger partial charge in [-0.15, -0.1) is 0 Å². The number of amides is 2. The molecular formula is C6H10MnN2O5. The normalized spacial score (nSPS) is 10.9. The van der Waals surface area contributed by atoms with E-state index in [4.69, 9.17) is 10.2 Å². The van der Waals surface area contributed by atoms with Gasteiger partial charge < -0.3 is 21.3 Å². The van der Waals surface area contributed by atoms with Gasteiger partial charge in [0.1, 0.15) is 6.04 Å². The van der Waals surface area contributed by atoms with Crippen molar-refractivity contribution in [2.24, 2.45) is 5.73 Å². The van der Waals surface area contributed by atoms with Gasteiger partial charge in [-0.1, -0.05) is 0 Å². The van der Waals surface area contributed by atoms with Gasteiger partial charge >= 0.3 is 18.0 Å². The second-order valence-corrected chi connectivity index (χ2v) is 2.33. The molecule has 7 nitrogen and oxygen atoms in total. The summed E-state index contributed by atoms with van der Waals surface area (Å²) in [6.45, 7) is 0. The van der Waals surface area contributed by atoms with Crippen molar-refractivity contribution in [3.63, 3.8) is 0 Å². The molecule has 8 heteroatoms. The molecule has 5 N–H and O–H groups in total. The van der Waals surface area contributed by atoms with Crippen LogP contribution < -0.4 is 11.1 Å². The third kappa shape index (κ3) is 7.38. The van der Waals surface area contributed by atoms with Crippen LogP contribution in [0.15, 0.2) is 0 Å². The van der Waals surface area contributed by atoms with Crippen molar-refractivity contribution in [3.8, 4) is 0 Å². The maximum Gasteiger partial charge on any atom is 0.326 e. The molecule has 1 radical (unpaired) electrons. The molecule has 0 aromatic carbocycles. The van der Waals surface area contributed by atoms with Crippen molar-refractivity contribution in [2.75, 3.05) is 0 Å². The first-order valence-electron chi connectivity index (χ1n) is 3.44. The van der Waals surface area contributed by atoms with Crippen molar-refractivity contribution in [1.82, 2.24) is 5.32 Å². The maximum atomic E-state index is 10.4. The summed E-state index contributed by atoms with van der Waals surface area (Å²) >= 11 is 0. The van der Waals surface area contributed by atoms with E-state index in [9.17, 15) is 14.4 Å². The molecular weight excluding hydrogens is 235 g/mol. The molecule has 0 aromatic rings. The van der Waals surface area contributed by atoms with E-state index in [2.05, 4.69) is 5.73 Å². The topological polar surface area (TPSA) is 130 Å². The Kier molecular flexibility index (Phi) is 7.78. The van der Waals surface area contributed by atoms with Crippen molar-refractivity contribution in [1.29, 1.82) is 0 Å². The van der Waals surface area contributed by atoms with Crippen LogP contribution in [0, 0.1) is 0 Å². The number of nitrogens with two attached hydrogens (primary N) is 1. The Labute approximate surface area is 90.1 Å². The average Bonchev–Trinajstić information content (AvgIpc) is 1.96. The third-order valence-corrected chi connectivity index (χ3v) is 1.26. The first kappa shape index (κ1) is 15.2. The average molecular weight is 245 g/mol. The zero-order valence-electron chi connectivity index (χ0n) is 7.07. The second kappa shape index (κ2) is 7.16. The van der Waals surface area contributed by atoms with Crippen molar-refractivity contribution in [3.05, 3.63) is 0 Å². The maximum absolute atomic E-state index is 10.4. The molecule has 0 saturated heterocycles. The number of hydrogen-bond acceptors (Lipinski definition) is 3. The summed E-state index contributed by atoms with van der Waals surface area (Å²) in [6, 6.07) is -2.23. The van der Waals surface area contributed by atoms with Crippen LogP contribution in [0.25, 0.3) is 0 Å². The van der Waals surface area contributed by atoms with Crippen LogP contribution in [-0.2, 0) is 26.7 Å². The van der Waals surface area contributed by atoms with Crippen LogP contribution in [0.1, 0.15) is 12.8 Å². The van der Waals surface area contributed by atoms with E-state index >= 15 is 0 Å². The summed E-state index contributed by atoms with van der Waals surface area (Å²) in [5, 5.41) is 18.6. The van der Waals surface area contributed by atoms with Gasteiger partial charge in [-0.25, -0.2) is 9.59 Å². The Bertz CT molecular complexity index is 232. The number of carbonyl (C=O) groups is 3. The zero-order valence-corrected chi connectivity index (χ0v) is 8.25. The van der Waals surface area contributed by atoms with Gasteiger partial charge in [0, 0.05) is 23.5 Å². The Morgan fingerprint density at radius 1 is 1.29 bits per heavy atom. The van der Waals surface area contributed by atoms with Gasteiger partial charge in [0.2, 0.25) is 0 Å². The van der Waals surface area contributed by atoms with Gasteiger partial charge in [-0.3, -0.25) is 4.79 Å². The minimum atomic E-state index is -1.31. The third-order valence-electron chi connectivity index (χ3n) is 1.26. The first-order chi connectivity index (χ1) is 5.93. The number of carbonyl (C=O) groups excluding carboxylic acids is 1. The van der Waals surface area contributed by atoms with E-state index in [0.29, 0.717) is 0 Å². The fraction of sp³-hybridized carbons (Fsp3) is 0.500. The molecule has 0 spiro atoms. The van der Waals surface area contributed by atoms with Gasteiger partial charge in [-0.05, 0) is 6.42 Å². The fourth-order valence-electron chi connectivity index (χ4n) is 0.697. The number of nitrogens with one attached hydrogen (secondary N) is 1. The molecule has 2 amide bonds. The molecule has 14 heavy (non-hydrogen) atoms. The van der Waals surface area contributed by atoms with Crippen molar-refractivity contribution in [2.45, 2.75) is 18.9 Å². The largest absolute Gasteiger partial charge is 0.481 e. The van der Waals surface area contributed by atoms with E-state index in [1.165, 1.54) is 0 Å². The fourth-order valence-corrected chi connectivity index (χ4v) is 0.697. The standard InChI is InChI=1S/C6H10N2O5.Mn/c7-6(13)8-3(5(11)12)1-2-4(9)10;/h3H,1-2H2,(H,9,10)(H,11,12)(H3,7,8,13);/t3-;/m0./s1. The summed E-state index contributed by atoms with van der Waals surface area (Å²) < 4.78 is 0. The number of carboxylic acids is 2. The van der Waals surface area contributed by atoms with Gasteiger partial charge in [0.15, 0.2) is 0 Å². The van der Waals surface area contributed by atoms with Crippen LogP contribution in [0.5, 0.6) is 0 Å². The molecule has 0 aliphatic carbocycles. The van der Waals surface area contributed by atoms with Crippen LogP contribution in [-0.4, -0.2) is 34.2 Å². The zero-order chi connectivity index (χ0) is 10.4. The smallest absolute Gasteiger partial charge is 0.326 e. The molecule has 0 heterocycles. The number of hydrogen-bond donors (Lipinski definition) is 4. The predicted octanol–water partition coefficient (Wildman–Crippen LogP) is -1.03. The van der Waals surface area contributed by atoms with Crippen molar-refractivity contribution >= 4 is 18.0 Å². The predicted molar refractivity (Wildman–Crippen MR) is 41.0 cm³/mol. The SMILES string of the molecule is NC(=O)N[C@@H](CCC(=O)O)C(=O)O.[Mn]. The Hall–Kier alpha value is -1.27. The van der Waals surface area contributed by atoms with E-state index in [1.54, 1.807) is 0 Å². The molecule has 1 atom stereocenters. The Balaban J connectivity index is 0. The van der Waals surface area contributed by atoms with E-state index in [0.717, 1.165) is 0 Å². The molecule has 0 aromatic heterocycles. The monoisotopic (exact) mass is 245 g/mol. The molecule has 0 rings (SSSR count). The minimum absolute atomic E-state index is 0. The molecule has 0 unspecified atom stereocenters. The molecule has 0 fully saturated rings. The molecule has 81 valence electrons. The van der Waals surface area contributed by atoms with E-state index in [1.807, 2.05) is 5.32 Å². The molecule has 0 saturated carbocycles. The summed E-state index contributed by atoms with van der Waals surface area (Å²) in [5.74, 6) is -2.43. The summed E-state index contributed by atoms with van der Waals surface area (Å²) in [4.78, 5) is 30.7. The Morgan fingerprint density at radius 3 is 2.07 bits per heavy atom. The molecule has 0 bridgehead atoms. The number of carboxylic acid groups (broad SMARTS) is 2. The second-order valence-electron chi connectivity index (χ2n) is 2.33. The van der Waals surface area contributed by atoms with Crippen LogP contribution in [0.3, 0.4) is 0 Å². The van der Waals surface area contributed by atoms with Gasteiger partial charge in [-0.2, -0.15) is 0 Å². The van der Waals surface area contributed by atoms with Crippen LogP contribution >= 0.6 is 0 Å². The van der Waals surface area contributed by atoms with Crippen LogP contribution in [0.2, 0.25) is 0 Å². The number of rotatable bonds is 5. The number of primary amides is 1. The van der Waals surface area contributed by atoms with E-state index in [-0.39, 0.29) is 29.9 Å². The molecule has 0 aliphatic heterocycles. The quantitative estimate of drug-likeness (QED) is 0.460. The summed E-state index contributed by atoms with van der Waals surface area (Å²) in [5.41, 5.74) is 4.68. The summed E-state index contributed by atoms with van der Waals surface area (Å²) in [6.07, 6.45) is -0.523. The molecule has 0 aliphatic rings. The number of urea groups is 1. The Morgan fingerprint density at radius 2 is 1.79 bits per heavy atom. The van der Waals surface area contributed by atoms with Gasteiger partial charge in [0.25, 0.3) is 0 Å². The summed E-state index contributed by atoms with van der Waals surface area (Å²) in [7, 11) is 0. The van der Waals surface area contributed by atoms with Gasteiger partial charge in [0.05, 0.1) is 0 Å². The minimum Gasteiger partial charge on any atom is -0.481 e. The van der Waals surface area contributed by atoms with Crippen molar-refractivity contribution < 1.29 is 41.7 Å². The van der Waals surface area contributed by atoms with Crippen LogP contribution in [0.4, 0.5) is 4.79 Å². The first-order valence-corrected chi connectivity index (χ1v) is 3.44. The van der Waals surface area contributed by atoms with E-state index < -0.39 is 24.0 Å². The number of aliphatic carboxylic acids is 2.